The molecule has 0 aliphatic carbocycles. The van der Waals surface area contributed by atoms with E-state index in [9.17, 15) is 4.79 Å². The van der Waals surface area contributed by atoms with Crippen molar-refractivity contribution in [2.24, 2.45) is 0 Å². The van der Waals surface area contributed by atoms with Gasteiger partial charge >= 0.3 is 0 Å². The molecule has 1 amide bonds. The van der Waals surface area contributed by atoms with Crippen LogP contribution in [-0.2, 0) is 4.79 Å². The first kappa shape index (κ1) is 12.5. The summed E-state index contributed by atoms with van der Waals surface area (Å²) in [5, 5.41) is 3.09. The molecule has 0 saturated carbocycles. The first-order valence-electron chi connectivity index (χ1n) is 5.48. The minimum atomic E-state index is 0.206. The number of nitrogens with one attached hydrogen (secondary N) is 1. The van der Waals surface area contributed by atoms with Crippen LogP contribution in [0.5, 0.6) is 0 Å². The van der Waals surface area contributed by atoms with Gasteiger partial charge in [0.05, 0.1) is 6.54 Å². The lowest BCUT2D eigenvalue weighted by Gasteiger charge is -2.26. The predicted molar refractivity (Wildman–Crippen MR) is 62.9 cm³/mol. The van der Waals surface area contributed by atoms with Crippen LogP contribution in [0.15, 0.2) is 11.1 Å². The number of hydrogen-bond acceptors (Lipinski definition) is 2. The maximum absolute atomic E-state index is 11.7. The molecule has 1 aliphatic rings. The Morgan fingerprint density at radius 3 is 2.60 bits per heavy atom. The second-order valence-electron chi connectivity index (χ2n) is 4.00. The third kappa shape index (κ3) is 4.67. The molecule has 0 aromatic rings. The van der Waals surface area contributed by atoms with Gasteiger partial charge in [-0.25, -0.2) is 0 Å². The van der Waals surface area contributed by atoms with E-state index in [1.807, 2.05) is 11.8 Å². The van der Waals surface area contributed by atoms with E-state index in [2.05, 4.69) is 5.32 Å². The predicted octanol–water partition coefficient (Wildman–Crippen LogP) is 1.73. The van der Waals surface area contributed by atoms with Crippen LogP contribution in [0.2, 0.25) is 0 Å². The van der Waals surface area contributed by atoms with Crippen LogP contribution in [0.4, 0.5) is 0 Å². The summed E-state index contributed by atoms with van der Waals surface area (Å²) in [4.78, 5) is 13.6. The molecule has 0 bridgehead atoms. The number of rotatable bonds is 4. The van der Waals surface area contributed by atoms with E-state index >= 15 is 0 Å². The number of nitrogens with zero attached hydrogens (tertiary/aromatic N) is 1. The summed E-state index contributed by atoms with van der Waals surface area (Å²) in [5.74, 6) is 0.206. The van der Waals surface area contributed by atoms with Crippen molar-refractivity contribution in [2.75, 3.05) is 26.2 Å². The number of hydrogen-bond donors (Lipinski definition) is 1. The van der Waals surface area contributed by atoms with Gasteiger partial charge in [-0.15, -0.1) is 0 Å². The van der Waals surface area contributed by atoms with Gasteiger partial charge in [0.25, 0.3) is 0 Å². The number of likely N-dealkylation sites (tertiary alicyclic amines) is 1. The van der Waals surface area contributed by atoms with Crippen molar-refractivity contribution in [3.63, 3.8) is 0 Å². The third-order valence-corrected chi connectivity index (χ3v) is 2.95. The summed E-state index contributed by atoms with van der Waals surface area (Å²) in [6.45, 7) is 4.88. The number of carbonyl (C=O) groups is 1. The zero-order valence-electron chi connectivity index (χ0n) is 9.26. The SMILES string of the molecule is CC(=CCl)CNCC(=O)N1CCCCC1. The van der Waals surface area contributed by atoms with Crippen LogP contribution in [0.3, 0.4) is 0 Å². The maximum Gasteiger partial charge on any atom is 0.236 e. The average Bonchev–Trinajstić information content (AvgIpc) is 2.29. The number of carbonyl (C=O) groups excluding carboxylic acids is 1. The standard InChI is InChI=1S/C11H19ClN2O/c1-10(7-12)8-13-9-11(15)14-5-3-2-4-6-14/h7,13H,2-6,8-9H2,1H3. The molecule has 15 heavy (non-hydrogen) atoms. The van der Waals surface area contributed by atoms with E-state index in [1.54, 1.807) is 5.54 Å². The summed E-state index contributed by atoms with van der Waals surface area (Å²) in [6.07, 6.45) is 3.55. The summed E-state index contributed by atoms with van der Waals surface area (Å²) in [5.41, 5.74) is 2.58. The van der Waals surface area contributed by atoms with Crippen LogP contribution in [0.25, 0.3) is 0 Å². The van der Waals surface area contributed by atoms with Gasteiger partial charge in [-0.1, -0.05) is 11.6 Å². The van der Waals surface area contributed by atoms with Crippen molar-refractivity contribution in [1.82, 2.24) is 10.2 Å². The lowest BCUT2D eigenvalue weighted by molar-refractivity contribution is -0.131. The van der Waals surface area contributed by atoms with E-state index in [0.29, 0.717) is 13.1 Å². The Bertz CT molecular complexity index is 235. The van der Waals surface area contributed by atoms with Gasteiger partial charge < -0.3 is 10.2 Å². The molecule has 86 valence electrons. The molecule has 0 aromatic carbocycles. The Balaban J connectivity index is 2.17. The topological polar surface area (TPSA) is 32.3 Å². The molecule has 0 aromatic heterocycles. The van der Waals surface area contributed by atoms with Gasteiger partial charge in [-0.05, 0) is 31.8 Å². The fourth-order valence-corrected chi connectivity index (χ4v) is 1.74. The highest BCUT2D eigenvalue weighted by Gasteiger charge is 2.15. The Morgan fingerprint density at radius 2 is 2.00 bits per heavy atom. The number of halogens is 1. The zero-order valence-corrected chi connectivity index (χ0v) is 10.0. The van der Waals surface area contributed by atoms with E-state index in [-0.39, 0.29) is 5.91 Å². The van der Waals surface area contributed by atoms with Crippen molar-refractivity contribution in [3.05, 3.63) is 11.1 Å². The second-order valence-corrected chi connectivity index (χ2v) is 4.22. The van der Waals surface area contributed by atoms with Gasteiger partial charge in [0.2, 0.25) is 5.91 Å². The monoisotopic (exact) mass is 230 g/mol. The van der Waals surface area contributed by atoms with Crippen LogP contribution < -0.4 is 5.32 Å². The summed E-state index contributed by atoms with van der Waals surface area (Å²) >= 11 is 5.52. The van der Waals surface area contributed by atoms with Crippen molar-refractivity contribution in [3.8, 4) is 0 Å². The molecular formula is C11H19ClN2O. The van der Waals surface area contributed by atoms with Crippen LogP contribution in [0, 0.1) is 0 Å². The summed E-state index contributed by atoms with van der Waals surface area (Å²) < 4.78 is 0. The van der Waals surface area contributed by atoms with Gasteiger partial charge in [-0.2, -0.15) is 0 Å². The number of piperidine rings is 1. The smallest absolute Gasteiger partial charge is 0.236 e. The molecule has 1 rings (SSSR count). The largest absolute Gasteiger partial charge is 0.342 e. The first-order valence-corrected chi connectivity index (χ1v) is 5.92. The quantitative estimate of drug-likeness (QED) is 0.798. The van der Waals surface area contributed by atoms with Crippen LogP contribution in [-0.4, -0.2) is 37.0 Å². The van der Waals surface area contributed by atoms with Crippen molar-refractivity contribution < 1.29 is 4.79 Å². The van der Waals surface area contributed by atoms with Gasteiger partial charge in [-0.3, -0.25) is 4.79 Å². The van der Waals surface area contributed by atoms with Crippen molar-refractivity contribution in [2.45, 2.75) is 26.2 Å². The molecule has 1 fully saturated rings. The molecule has 0 unspecified atom stereocenters. The van der Waals surface area contributed by atoms with Crippen LogP contribution >= 0.6 is 11.6 Å². The van der Waals surface area contributed by atoms with E-state index in [0.717, 1.165) is 31.5 Å². The maximum atomic E-state index is 11.7. The lowest BCUT2D eigenvalue weighted by atomic mass is 10.1. The molecule has 1 aliphatic heterocycles. The fraction of sp³-hybridized carbons (Fsp3) is 0.727. The molecular weight excluding hydrogens is 212 g/mol. The highest BCUT2D eigenvalue weighted by molar-refractivity contribution is 6.25. The summed E-state index contributed by atoms with van der Waals surface area (Å²) in [7, 11) is 0. The minimum absolute atomic E-state index is 0.206. The first-order chi connectivity index (χ1) is 7.24. The normalized spacial score (nSPS) is 18.0. The molecule has 1 N–H and O–H groups in total. The van der Waals surface area contributed by atoms with Gasteiger partial charge in [0, 0.05) is 25.2 Å². The Labute approximate surface area is 96.5 Å². The molecule has 1 saturated heterocycles. The summed E-state index contributed by atoms with van der Waals surface area (Å²) in [6, 6.07) is 0. The van der Waals surface area contributed by atoms with E-state index in [4.69, 9.17) is 11.6 Å². The molecule has 1 heterocycles. The molecule has 0 radical (unpaired) electrons. The van der Waals surface area contributed by atoms with Gasteiger partial charge in [0.1, 0.15) is 0 Å². The molecule has 0 atom stereocenters. The van der Waals surface area contributed by atoms with E-state index in [1.165, 1.54) is 6.42 Å². The number of amides is 1. The van der Waals surface area contributed by atoms with Crippen molar-refractivity contribution >= 4 is 17.5 Å². The third-order valence-electron chi connectivity index (χ3n) is 2.58. The Kier molecular flexibility index (Phi) is 5.73. The van der Waals surface area contributed by atoms with E-state index < -0.39 is 0 Å². The zero-order chi connectivity index (χ0) is 11.1. The van der Waals surface area contributed by atoms with Crippen molar-refractivity contribution in [1.29, 1.82) is 0 Å². The second kappa shape index (κ2) is 6.85. The van der Waals surface area contributed by atoms with Gasteiger partial charge in [0.15, 0.2) is 0 Å². The fourth-order valence-electron chi connectivity index (χ4n) is 1.66. The average molecular weight is 231 g/mol. The van der Waals surface area contributed by atoms with Crippen LogP contribution in [0.1, 0.15) is 26.2 Å². The highest BCUT2D eigenvalue weighted by atomic mass is 35.5. The Morgan fingerprint density at radius 1 is 1.33 bits per heavy atom. The minimum Gasteiger partial charge on any atom is -0.342 e. The highest BCUT2D eigenvalue weighted by Crippen LogP contribution is 2.08. The Hall–Kier alpha value is -0.540. The lowest BCUT2D eigenvalue weighted by Crippen LogP contribution is -2.41. The molecule has 4 heteroatoms. The molecule has 3 nitrogen and oxygen atoms in total. The molecule has 0 spiro atoms.